The molecule has 6 heteroatoms. The quantitative estimate of drug-likeness (QED) is 0.0801. The van der Waals surface area contributed by atoms with Gasteiger partial charge in [0.25, 0.3) is 0 Å². The van der Waals surface area contributed by atoms with Crippen LogP contribution in [0.5, 0.6) is 5.75 Å². The fourth-order valence-electron chi connectivity index (χ4n) is 5.47. The summed E-state index contributed by atoms with van der Waals surface area (Å²) in [6.07, 6.45) is 8.91. The molecule has 3 rings (SSSR count). The Balaban J connectivity index is 1.43. The molecule has 0 fully saturated rings. The first-order chi connectivity index (χ1) is 18.9. The van der Waals surface area contributed by atoms with Gasteiger partial charge in [-0.1, -0.05) is 75.1 Å². The predicted octanol–water partition coefficient (Wildman–Crippen LogP) is 8.32. The van der Waals surface area contributed by atoms with Crippen molar-refractivity contribution >= 4 is 14.6 Å². The average molecular weight is 553 g/mol. The zero-order chi connectivity index (χ0) is 28.1. The van der Waals surface area contributed by atoms with Gasteiger partial charge in [0.15, 0.2) is 11.9 Å². The summed E-state index contributed by atoms with van der Waals surface area (Å²) in [7, 11) is -2.52. The highest BCUT2D eigenvalue weighted by Crippen LogP contribution is 2.41. The van der Waals surface area contributed by atoms with Crippen LogP contribution < -0.4 is 4.74 Å². The Hall–Kier alpha value is -2.25. The number of hydrogen-bond donors (Lipinski definition) is 0. The van der Waals surface area contributed by atoms with E-state index in [4.69, 9.17) is 18.0 Å². The van der Waals surface area contributed by atoms with Gasteiger partial charge < -0.3 is 18.0 Å². The van der Waals surface area contributed by atoms with Gasteiger partial charge >= 0.3 is 8.80 Å². The number of benzene rings is 2. The van der Waals surface area contributed by atoms with Crippen LogP contribution >= 0.6 is 0 Å². The smallest absolute Gasteiger partial charge is 0.482 e. The molecule has 1 unspecified atom stereocenters. The number of carbonyl (C=O) groups excluding carboxylic acids is 1. The number of unbranched alkanes of at least 4 members (excludes halogenated alkanes) is 6. The minimum Gasteiger partial charge on any atom is -0.482 e. The summed E-state index contributed by atoms with van der Waals surface area (Å²) in [5, 5.41) is 0. The van der Waals surface area contributed by atoms with E-state index in [1.807, 2.05) is 32.9 Å². The first-order valence-corrected chi connectivity index (χ1v) is 16.9. The molecule has 0 saturated carbocycles. The third-order valence-electron chi connectivity index (χ3n) is 7.33. The van der Waals surface area contributed by atoms with E-state index in [2.05, 4.69) is 36.9 Å². The number of hydrogen-bond acceptors (Lipinski definition) is 5. The Morgan fingerprint density at radius 3 is 2.05 bits per heavy atom. The maximum absolute atomic E-state index is 13.0. The molecule has 0 saturated heterocycles. The molecule has 214 valence electrons. The molecule has 1 aliphatic rings. The summed E-state index contributed by atoms with van der Waals surface area (Å²) < 4.78 is 24.3. The Kier molecular flexibility index (Phi) is 12.9. The molecule has 1 aliphatic carbocycles. The predicted molar refractivity (Wildman–Crippen MR) is 161 cm³/mol. The minimum absolute atomic E-state index is 0.00802. The lowest BCUT2D eigenvalue weighted by molar-refractivity contribution is -0.122. The number of ether oxygens (including phenoxy) is 1. The van der Waals surface area contributed by atoms with Crippen molar-refractivity contribution in [2.75, 3.05) is 19.8 Å². The molecule has 1 atom stereocenters. The molecule has 0 N–H and O–H groups in total. The van der Waals surface area contributed by atoms with Crippen LogP contribution in [0, 0.1) is 0 Å². The fourth-order valence-corrected chi connectivity index (χ4v) is 8.15. The van der Waals surface area contributed by atoms with Crippen LogP contribution in [0.1, 0.15) is 90.2 Å². The van der Waals surface area contributed by atoms with E-state index >= 15 is 0 Å². The second-order valence-corrected chi connectivity index (χ2v) is 13.1. The third-order valence-corrected chi connectivity index (χ3v) is 10.5. The standard InChI is InChI=1S/C33H48O5Si/c1-6-35-39(36-7-2,37-8-3)24-17-13-11-9-10-12-14-22-32(33(34)26(4)5)38-31-23-18-21-29-28-20-16-15-19-27(28)25-30(29)31/h15-16,18-21,23,32H,4,6-14,17,22,24-25H2,1-3,5H3. The molecule has 0 bridgehead atoms. The maximum atomic E-state index is 13.0. The summed E-state index contributed by atoms with van der Waals surface area (Å²) >= 11 is 0. The first-order valence-electron chi connectivity index (χ1n) is 14.9. The lowest BCUT2D eigenvalue weighted by atomic mass is 10.0. The summed E-state index contributed by atoms with van der Waals surface area (Å²) in [5.74, 6) is 0.836. The van der Waals surface area contributed by atoms with Gasteiger partial charge in [-0.2, -0.15) is 0 Å². The lowest BCUT2D eigenvalue weighted by Crippen LogP contribution is -2.45. The van der Waals surface area contributed by atoms with Crippen LogP contribution in [-0.4, -0.2) is 40.5 Å². The van der Waals surface area contributed by atoms with Crippen LogP contribution in [0.2, 0.25) is 6.04 Å². The Labute approximate surface area is 237 Å². The molecule has 5 nitrogen and oxygen atoms in total. The molecule has 2 aromatic carbocycles. The Morgan fingerprint density at radius 1 is 0.821 bits per heavy atom. The van der Waals surface area contributed by atoms with Gasteiger partial charge in [-0.3, -0.25) is 4.79 Å². The topological polar surface area (TPSA) is 54.0 Å². The van der Waals surface area contributed by atoms with Crippen molar-refractivity contribution in [2.24, 2.45) is 0 Å². The fraction of sp³-hybridized carbons (Fsp3) is 0.545. The minimum atomic E-state index is -2.52. The van der Waals surface area contributed by atoms with Crippen LogP contribution in [0.25, 0.3) is 11.1 Å². The van der Waals surface area contributed by atoms with E-state index in [1.165, 1.54) is 35.1 Å². The van der Waals surface area contributed by atoms with Gasteiger partial charge in [0.05, 0.1) is 0 Å². The largest absolute Gasteiger partial charge is 0.500 e. The van der Waals surface area contributed by atoms with Crippen molar-refractivity contribution in [1.82, 2.24) is 0 Å². The summed E-state index contributed by atoms with van der Waals surface area (Å²) in [5.41, 5.74) is 5.54. The molecule has 39 heavy (non-hydrogen) atoms. The Bertz CT molecular complexity index is 1050. The molecule has 0 spiro atoms. The van der Waals surface area contributed by atoms with Crippen molar-refractivity contribution in [2.45, 2.75) is 97.6 Å². The molecular weight excluding hydrogens is 504 g/mol. The summed E-state index contributed by atoms with van der Waals surface area (Å²) in [4.78, 5) is 13.0. The zero-order valence-electron chi connectivity index (χ0n) is 24.6. The maximum Gasteiger partial charge on any atom is 0.500 e. The summed E-state index contributed by atoms with van der Waals surface area (Å²) in [6.45, 7) is 13.6. The first kappa shape index (κ1) is 31.3. The number of Topliss-reactive ketones (excluding diaryl/α,β-unsaturated/α-hetero) is 1. The van der Waals surface area contributed by atoms with E-state index in [1.54, 1.807) is 6.92 Å². The van der Waals surface area contributed by atoms with Crippen molar-refractivity contribution in [3.05, 3.63) is 65.7 Å². The van der Waals surface area contributed by atoms with E-state index < -0.39 is 14.9 Å². The van der Waals surface area contributed by atoms with Crippen LogP contribution in [0.15, 0.2) is 54.6 Å². The highest BCUT2D eigenvalue weighted by atomic mass is 28.4. The number of rotatable bonds is 20. The number of carbonyl (C=O) groups is 1. The van der Waals surface area contributed by atoms with Crippen LogP contribution in [0.4, 0.5) is 0 Å². The van der Waals surface area contributed by atoms with Crippen LogP contribution in [0.3, 0.4) is 0 Å². The van der Waals surface area contributed by atoms with Crippen molar-refractivity contribution in [1.29, 1.82) is 0 Å². The monoisotopic (exact) mass is 552 g/mol. The number of ketones is 1. The molecule has 0 amide bonds. The van der Waals surface area contributed by atoms with E-state index in [0.29, 0.717) is 31.8 Å². The van der Waals surface area contributed by atoms with Crippen molar-refractivity contribution in [3.63, 3.8) is 0 Å². The van der Waals surface area contributed by atoms with Gasteiger partial charge in [0, 0.05) is 37.8 Å². The molecule has 0 heterocycles. The highest BCUT2D eigenvalue weighted by molar-refractivity contribution is 6.60. The third kappa shape index (κ3) is 8.87. The SMILES string of the molecule is C=C(C)C(=O)C(CCCCCCCCC[Si](OCC)(OCC)OCC)Oc1cccc2c1Cc1ccccc1-2. The molecule has 2 aromatic rings. The highest BCUT2D eigenvalue weighted by Gasteiger charge is 2.39. The van der Waals surface area contributed by atoms with E-state index in [0.717, 1.165) is 50.3 Å². The summed E-state index contributed by atoms with van der Waals surface area (Å²) in [6, 6.07) is 15.6. The number of fused-ring (bicyclic) bond motifs is 3. The van der Waals surface area contributed by atoms with Gasteiger partial charge in [0.1, 0.15) is 5.75 Å². The Morgan fingerprint density at radius 2 is 1.41 bits per heavy atom. The van der Waals surface area contributed by atoms with Gasteiger partial charge in [0.2, 0.25) is 0 Å². The second-order valence-electron chi connectivity index (χ2n) is 10.4. The normalized spacial score (nSPS) is 13.1. The lowest BCUT2D eigenvalue weighted by Gasteiger charge is -2.28. The van der Waals surface area contributed by atoms with E-state index in [9.17, 15) is 4.79 Å². The van der Waals surface area contributed by atoms with E-state index in [-0.39, 0.29) is 5.78 Å². The molecule has 0 aliphatic heterocycles. The van der Waals surface area contributed by atoms with Gasteiger partial charge in [-0.15, -0.1) is 0 Å². The van der Waals surface area contributed by atoms with Crippen molar-refractivity contribution in [3.8, 4) is 16.9 Å². The van der Waals surface area contributed by atoms with Crippen molar-refractivity contribution < 1.29 is 22.8 Å². The van der Waals surface area contributed by atoms with Gasteiger partial charge in [-0.25, -0.2) is 0 Å². The molecule has 0 aromatic heterocycles. The molecule has 0 radical (unpaired) electrons. The average Bonchev–Trinajstić information content (AvgIpc) is 3.31. The second kappa shape index (κ2) is 16.1. The van der Waals surface area contributed by atoms with Gasteiger partial charge in [-0.05, 0) is 75.3 Å². The molecular formula is C33H48O5Si. The zero-order valence-corrected chi connectivity index (χ0v) is 25.6. The van der Waals surface area contributed by atoms with Crippen LogP contribution in [-0.2, 0) is 24.5 Å².